The van der Waals surface area contributed by atoms with Crippen LogP contribution in [0.15, 0.2) is 71.6 Å². The van der Waals surface area contributed by atoms with E-state index < -0.39 is 7.81 Å². The van der Waals surface area contributed by atoms with E-state index in [0.29, 0.717) is 0 Å². The van der Waals surface area contributed by atoms with Gasteiger partial charge >= 0.3 is 33.0 Å². The Hall–Kier alpha value is -2.38. The third-order valence-corrected chi connectivity index (χ3v) is 5.09. The van der Waals surface area contributed by atoms with Gasteiger partial charge in [0.25, 0.3) is 0 Å². The first-order valence-electron chi connectivity index (χ1n) is 9.85. The quantitative estimate of drug-likeness (QED) is 0.162. The third kappa shape index (κ3) is 7.35. The molecule has 0 aliphatic heterocycles. The first-order valence-corrected chi connectivity index (χ1v) is 12.4. The van der Waals surface area contributed by atoms with Crippen LogP contribution in [0.2, 0.25) is 0 Å². The molecule has 2 nitrogen and oxygen atoms in total. The molecule has 1 heterocycles. The molecule has 3 aromatic carbocycles. The number of aromatic nitrogens is 1. The van der Waals surface area contributed by atoms with Crippen LogP contribution in [0.5, 0.6) is 0 Å². The van der Waals surface area contributed by atoms with Gasteiger partial charge in [0.2, 0.25) is 0 Å². The van der Waals surface area contributed by atoms with E-state index in [4.69, 9.17) is 0 Å². The molecule has 0 bridgehead atoms. The Kier molecular flexibility index (Phi) is 6.21. The molecule has 0 radical (unpaired) electrons. The monoisotopic (exact) mass is 492 g/mol. The molecule has 1 unspecified atom stereocenters. The molecular weight excluding hydrogens is 469 g/mol. The van der Waals surface area contributed by atoms with Gasteiger partial charge in [0.15, 0.2) is 0 Å². The molecular formula is C22H23F6N2PS. The van der Waals surface area contributed by atoms with Gasteiger partial charge in [-0.3, -0.25) is 0 Å². The molecule has 0 amide bonds. The Morgan fingerprint density at radius 1 is 0.844 bits per heavy atom. The minimum atomic E-state index is -10.7. The topological polar surface area (TPSA) is 27.8 Å². The number of hydrogen-bond acceptors (Lipinski definition) is 1. The van der Waals surface area contributed by atoms with Crippen molar-refractivity contribution in [3.63, 3.8) is 0 Å². The van der Waals surface area contributed by atoms with E-state index in [1.165, 1.54) is 27.4 Å². The zero-order valence-corrected chi connectivity index (χ0v) is 19.0. The molecule has 0 fully saturated rings. The molecule has 10 heteroatoms. The van der Waals surface area contributed by atoms with Crippen LogP contribution in [-0.4, -0.2) is 4.98 Å². The molecule has 4 rings (SSSR count). The molecule has 174 valence electrons. The molecule has 1 atom stereocenters. The SMILES string of the molecule is CCCC(Nc1ccc([SH2+])cc1)c1cccc2c1[nH]c1ccccc12.F[P-](F)(F)(F)(F)F. The van der Waals surface area contributed by atoms with E-state index in [9.17, 15) is 25.2 Å². The molecule has 0 saturated heterocycles. The second-order valence-electron chi connectivity index (χ2n) is 7.46. The Labute approximate surface area is 186 Å². The predicted octanol–water partition coefficient (Wildman–Crippen LogP) is 9.03. The summed E-state index contributed by atoms with van der Waals surface area (Å²) in [5.41, 5.74) is 4.92. The van der Waals surface area contributed by atoms with Crippen LogP contribution >= 0.6 is 7.81 Å². The number of hydrogen-bond donors (Lipinski definition) is 2. The fraction of sp³-hybridized carbons (Fsp3) is 0.182. The first-order chi connectivity index (χ1) is 14.7. The molecule has 1 aromatic heterocycles. The number of nitrogens with one attached hydrogen (secondary N) is 2. The first kappa shape index (κ1) is 24.3. The summed E-state index contributed by atoms with van der Waals surface area (Å²) in [6, 6.07) is 23.8. The van der Waals surface area contributed by atoms with Gasteiger partial charge in [-0.2, -0.15) is 0 Å². The van der Waals surface area contributed by atoms with Crippen molar-refractivity contribution in [3.05, 3.63) is 72.3 Å². The van der Waals surface area contributed by atoms with E-state index >= 15 is 0 Å². The average Bonchev–Trinajstić information content (AvgIpc) is 3.06. The summed E-state index contributed by atoms with van der Waals surface area (Å²) >= 11 is 3.56. The summed E-state index contributed by atoms with van der Waals surface area (Å²) < 4.78 is 59.2. The van der Waals surface area contributed by atoms with Crippen molar-refractivity contribution in [2.24, 2.45) is 0 Å². The number of H-pyrrole nitrogens is 1. The fourth-order valence-electron chi connectivity index (χ4n) is 3.55. The maximum atomic E-state index is 9.87. The molecule has 4 aromatic rings. The van der Waals surface area contributed by atoms with E-state index in [2.05, 4.69) is 96.6 Å². The van der Waals surface area contributed by atoms with Crippen molar-refractivity contribution in [2.45, 2.75) is 30.7 Å². The van der Waals surface area contributed by atoms with Crippen molar-refractivity contribution in [2.75, 3.05) is 5.32 Å². The third-order valence-electron chi connectivity index (χ3n) is 4.75. The van der Waals surface area contributed by atoms with Crippen LogP contribution in [0.25, 0.3) is 21.8 Å². The van der Waals surface area contributed by atoms with Gasteiger partial charge in [-0.15, -0.1) is 0 Å². The Bertz CT molecular complexity index is 1210. The van der Waals surface area contributed by atoms with E-state index in [1.807, 2.05) is 0 Å². The number of anilines is 1. The van der Waals surface area contributed by atoms with Gasteiger partial charge in [-0.1, -0.05) is 49.7 Å². The predicted molar refractivity (Wildman–Crippen MR) is 126 cm³/mol. The molecule has 32 heavy (non-hydrogen) atoms. The van der Waals surface area contributed by atoms with E-state index in [1.54, 1.807) is 0 Å². The molecule has 0 spiro atoms. The summed E-state index contributed by atoms with van der Waals surface area (Å²) in [7, 11) is -10.7. The maximum absolute atomic E-state index is 10.7. The minimum absolute atomic E-state index is 0.280. The van der Waals surface area contributed by atoms with Crippen molar-refractivity contribution in [1.82, 2.24) is 4.98 Å². The number of rotatable bonds is 5. The molecule has 0 saturated carbocycles. The van der Waals surface area contributed by atoms with Crippen molar-refractivity contribution in [3.8, 4) is 0 Å². The molecule has 2 N–H and O–H groups in total. The summed E-state index contributed by atoms with van der Waals surface area (Å²) in [5, 5.41) is 6.31. The second kappa shape index (κ2) is 8.19. The fourth-order valence-corrected chi connectivity index (χ4v) is 3.71. The average molecular weight is 492 g/mol. The number of fused-ring (bicyclic) bond motifs is 3. The molecule has 0 aliphatic rings. The van der Waals surface area contributed by atoms with Crippen LogP contribution in [0, 0.1) is 0 Å². The number of para-hydroxylation sites is 2. The van der Waals surface area contributed by atoms with Gasteiger partial charge < -0.3 is 10.3 Å². The standard InChI is InChI=1S/C22H22N2S.F6P/c1-2-6-20(23-15-11-13-16(25)14-12-15)19-9-5-8-18-17-7-3-4-10-21(17)24-22(18)19;1-7(2,3,4,5)6/h3-5,7-14,20,23-25H,2,6H2,1H3;/q;-1/p+1. The summed E-state index contributed by atoms with van der Waals surface area (Å²) in [6.45, 7) is 2.24. The van der Waals surface area contributed by atoms with Crippen molar-refractivity contribution >= 4 is 47.9 Å². The Morgan fingerprint density at radius 2 is 1.44 bits per heavy atom. The Morgan fingerprint density at radius 3 is 2.06 bits per heavy atom. The van der Waals surface area contributed by atoms with Gasteiger partial charge in [0.05, 0.1) is 11.6 Å². The van der Waals surface area contributed by atoms with Crippen LogP contribution < -0.4 is 5.32 Å². The van der Waals surface area contributed by atoms with Gasteiger partial charge in [0.1, 0.15) is 4.90 Å². The summed E-state index contributed by atoms with van der Waals surface area (Å²) in [5.74, 6) is 0. The number of benzene rings is 3. The van der Waals surface area contributed by atoms with Gasteiger partial charge in [0, 0.05) is 22.0 Å². The van der Waals surface area contributed by atoms with E-state index in [0.717, 1.165) is 23.4 Å². The number of aromatic amines is 1. The Balaban J connectivity index is 0.000000360. The van der Waals surface area contributed by atoms with Crippen molar-refractivity contribution < 1.29 is 25.2 Å². The second-order valence-corrected chi connectivity index (χ2v) is 9.96. The molecule has 0 aliphatic carbocycles. The summed E-state index contributed by atoms with van der Waals surface area (Å²) in [6.07, 6.45) is 2.22. The van der Waals surface area contributed by atoms with Crippen LogP contribution in [0.4, 0.5) is 30.9 Å². The van der Waals surface area contributed by atoms with Crippen LogP contribution in [0.1, 0.15) is 31.4 Å². The zero-order valence-electron chi connectivity index (χ0n) is 17.1. The van der Waals surface area contributed by atoms with E-state index in [-0.39, 0.29) is 6.04 Å². The van der Waals surface area contributed by atoms with Crippen molar-refractivity contribution in [1.29, 1.82) is 0 Å². The number of halogens is 6. The zero-order chi connectivity index (χ0) is 23.6. The van der Waals surface area contributed by atoms with Gasteiger partial charge in [-0.05, 0) is 54.9 Å². The summed E-state index contributed by atoms with van der Waals surface area (Å²) in [4.78, 5) is 4.73. The normalized spacial score (nSPS) is 14.9. The van der Waals surface area contributed by atoms with Gasteiger partial charge in [-0.25, -0.2) is 0 Å². The van der Waals surface area contributed by atoms with Crippen LogP contribution in [-0.2, 0) is 12.6 Å². The van der Waals surface area contributed by atoms with Crippen LogP contribution in [0.3, 0.4) is 0 Å².